The average Bonchev–Trinajstić information content (AvgIpc) is 2.41. The van der Waals surface area contributed by atoms with E-state index in [0.29, 0.717) is 11.2 Å². The van der Waals surface area contributed by atoms with Crippen molar-refractivity contribution in [2.45, 2.75) is 38.2 Å². The predicted molar refractivity (Wildman–Crippen MR) is 43.8 cm³/mol. The molecule has 3 atom stereocenters. The Bertz CT molecular complexity index is 261. The van der Waals surface area contributed by atoms with E-state index < -0.39 is 0 Å². The molecule has 2 saturated carbocycles. The fraction of sp³-hybridized carbons (Fsp3) is 0.900. The van der Waals surface area contributed by atoms with Crippen molar-refractivity contribution in [2.75, 3.05) is 6.61 Å². The maximum absolute atomic E-state index is 11.4. The summed E-state index contributed by atoms with van der Waals surface area (Å²) in [4.78, 5) is 11.4. The van der Waals surface area contributed by atoms with Crippen LogP contribution < -0.4 is 0 Å². The molecule has 1 heterocycles. The van der Waals surface area contributed by atoms with Crippen molar-refractivity contribution in [2.24, 2.45) is 11.3 Å². The standard InChI is InChI=1S/C10H14O2/c1-9-4-5-12-10(9)3-2-8(11)7(10)6-9/h7H,2-6H2,1H3/t7-,9+,10-/m1/s1. The Hall–Kier alpha value is -0.370. The van der Waals surface area contributed by atoms with Gasteiger partial charge in [-0.1, -0.05) is 6.92 Å². The number of rotatable bonds is 0. The van der Waals surface area contributed by atoms with E-state index in [1.54, 1.807) is 0 Å². The van der Waals surface area contributed by atoms with Crippen LogP contribution in [0.1, 0.15) is 32.6 Å². The minimum atomic E-state index is 0.00405. The number of ether oxygens (including phenoxy) is 1. The van der Waals surface area contributed by atoms with Crippen LogP contribution in [0, 0.1) is 11.3 Å². The summed E-state index contributed by atoms with van der Waals surface area (Å²) in [5, 5.41) is 0. The van der Waals surface area contributed by atoms with Crippen LogP contribution in [0.4, 0.5) is 0 Å². The van der Waals surface area contributed by atoms with E-state index in [9.17, 15) is 4.79 Å². The van der Waals surface area contributed by atoms with Crippen LogP contribution in [-0.4, -0.2) is 18.0 Å². The van der Waals surface area contributed by atoms with E-state index in [0.717, 1.165) is 32.3 Å². The van der Waals surface area contributed by atoms with Crippen LogP contribution in [0.2, 0.25) is 0 Å². The molecule has 1 spiro atoms. The molecular formula is C10H14O2. The van der Waals surface area contributed by atoms with Gasteiger partial charge in [0.15, 0.2) is 0 Å². The summed E-state index contributed by atoms with van der Waals surface area (Å²) < 4.78 is 5.82. The third-order valence-corrected chi connectivity index (χ3v) is 4.38. The van der Waals surface area contributed by atoms with Gasteiger partial charge >= 0.3 is 0 Å². The lowest BCUT2D eigenvalue weighted by atomic mass is 9.52. The van der Waals surface area contributed by atoms with Crippen LogP contribution in [0.3, 0.4) is 0 Å². The number of carbonyl (C=O) groups excluding carboxylic acids is 1. The molecule has 3 fully saturated rings. The first-order valence-electron chi connectivity index (χ1n) is 4.85. The fourth-order valence-corrected chi connectivity index (χ4v) is 3.53. The van der Waals surface area contributed by atoms with Gasteiger partial charge in [0.05, 0.1) is 5.60 Å². The van der Waals surface area contributed by atoms with Gasteiger partial charge in [-0.25, -0.2) is 0 Å². The molecule has 2 aliphatic carbocycles. The van der Waals surface area contributed by atoms with Crippen molar-refractivity contribution in [3.05, 3.63) is 0 Å². The summed E-state index contributed by atoms with van der Waals surface area (Å²) in [5.41, 5.74) is 0.355. The van der Waals surface area contributed by atoms with Crippen LogP contribution in [0.5, 0.6) is 0 Å². The molecule has 3 aliphatic rings. The first-order chi connectivity index (χ1) is 5.68. The van der Waals surface area contributed by atoms with Crippen LogP contribution >= 0.6 is 0 Å². The molecule has 12 heavy (non-hydrogen) atoms. The van der Waals surface area contributed by atoms with E-state index in [1.807, 2.05) is 0 Å². The molecule has 0 aromatic carbocycles. The Morgan fingerprint density at radius 1 is 1.50 bits per heavy atom. The number of hydrogen-bond acceptors (Lipinski definition) is 2. The maximum atomic E-state index is 11.4. The lowest BCUT2D eigenvalue weighted by Gasteiger charge is -2.54. The van der Waals surface area contributed by atoms with E-state index >= 15 is 0 Å². The average molecular weight is 166 g/mol. The van der Waals surface area contributed by atoms with Crippen LogP contribution in [0.15, 0.2) is 0 Å². The largest absolute Gasteiger partial charge is 0.374 e. The fourth-order valence-electron chi connectivity index (χ4n) is 3.53. The summed E-state index contributed by atoms with van der Waals surface area (Å²) in [6.07, 6.45) is 4.01. The lowest BCUT2D eigenvalue weighted by Crippen LogP contribution is -2.58. The van der Waals surface area contributed by atoms with Crippen molar-refractivity contribution < 1.29 is 9.53 Å². The third-order valence-electron chi connectivity index (χ3n) is 4.38. The summed E-state index contributed by atoms with van der Waals surface area (Å²) >= 11 is 0. The molecule has 66 valence electrons. The van der Waals surface area contributed by atoms with Crippen LogP contribution in [-0.2, 0) is 9.53 Å². The molecule has 0 radical (unpaired) electrons. The number of hydrogen-bond donors (Lipinski definition) is 0. The summed E-state index contributed by atoms with van der Waals surface area (Å²) in [5.74, 6) is 0.722. The normalized spacial score (nSPS) is 56.4. The van der Waals surface area contributed by atoms with Gasteiger partial charge in [0, 0.05) is 24.4 Å². The summed E-state index contributed by atoms with van der Waals surface area (Å²) in [7, 11) is 0. The Balaban J connectivity index is 2.03. The molecule has 3 rings (SSSR count). The second-order valence-electron chi connectivity index (χ2n) is 4.77. The molecule has 0 aromatic rings. The van der Waals surface area contributed by atoms with Crippen molar-refractivity contribution in [3.8, 4) is 0 Å². The molecule has 0 aromatic heterocycles. The zero-order valence-corrected chi connectivity index (χ0v) is 7.43. The van der Waals surface area contributed by atoms with E-state index in [1.165, 1.54) is 0 Å². The first kappa shape index (κ1) is 7.07. The smallest absolute Gasteiger partial charge is 0.139 e. The molecule has 0 N–H and O–H groups in total. The summed E-state index contributed by atoms with van der Waals surface area (Å²) in [6, 6.07) is 0. The Labute approximate surface area is 72.3 Å². The van der Waals surface area contributed by atoms with Gasteiger partial charge in [0.1, 0.15) is 5.78 Å². The maximum Gasteiger partial charge on any atom is 0.139 e. The van der Waals surface area contributed by atoms with Gasteiger partial charge in [-0.05, 0) is 19.3 Å². The zero-order chi connectivity index (χ0) is 8.40. The molecule has 0 unspecified atom stereocenters. The SMILES string of the molecule is C[C@@]12CCO[C@@]13CCC(=O)[C@H]3C2. The quantitative estimate of drug-likeness (QED) is 0.545. The van der Waals surface area contributed by atoms with Crippen molar-refractivity contribution in [3.63, 3.8) is 0 Å². The monoisotopic (exact) mass is 166 g/mol. The Morgan fingerprint density at radius 3 is 3.00 bits per heavy atom. The number of carbonyl (C=O) groups is 1. The van der Waals surface area contributed by atoms with E-state index in [2.05, 4.69) is 6.92 Å². The molecule has 0 amide bonds. The second kappa shape index (κ2) is 1.77. The van der Waals surface area contributed by atoms with E-state index in [-0.39, 0.29) is 11.5 Å². The van der Waals surface area contributed by atoms with Gasteiger partial charge in [-0.15, -0.1) is 0 Å². The number of Topliss-reactive ketones (excluding diaryl/α,β-unsaturated/α-hetero) is 1. The van der Waals surface area contributed by atoms with Crippen molar-refractivity contribution in [1.82, 2.24) is 0 Å². The molecule has 1 aliphatic heterocycles. The minimum Gasteiger partial charge on any atom is -0.374 e. The minimum absolute atomic E-state index is 0.00405. The van der Waals surface area contributed by atoms with Gasteiger partial charge in [0.2, 0.25) is 0 Å². The Kier molecular flexibility index (Phi) is 1.04. The Morgan fingerprint density at radius 2 is 2.33 bits per heavy atom. The molecule has 2 heteroatoms. The van der Waals surface area contributed by atoms with Gasteiger partial charge < -0.3 is 4.74 Å². The third kappa shape index (κ3) is 0.506. The first-order valence-corrected chi connectivity index (χ1v) is 4.85. The molecule has 2 nitrogen and oxygen atoms in total. The highest BCUT2D eigenvalue weighted by Gasteiger charge is 2.70. The molecule has 1 saturated heterocycles. The molecular weight excluding hydrogens is 152 g/mol. The highest BCUT2D eigenvalue weighted by Crippen LogP contribution is 2.67. The van der Waals surface area contributed by atoms with Crippen molar-refractivity contribution in [1.29, 1.82) is 0 Å². The highest BCUT2D eigenvalue weighted by molar-refractivity contribution is 5.87. The second-order valence-corrected chi connectivity index (χ2v) is 4.77. The molecule has 0 bridgehead atoms. The number of ketones is 1. The predicted octanol–water partition coefficient (Wildman–Crippen LogP) is 1.53. The zero-order valence-electron chi connectivity index (χ0n) is 7.43. The highest BCUT2D eigenvalue weighted by atomic mass is 16.5. The van der Waals surface area contributed by atoms with Gasteiger partial charge in [-0.3, -0.25) is 4.79 Å². The summed E-state index contributed by atoms with van der Waals surface area (Å²) in [6.45, 7) is 3.16. The van der Waals surface area contributed by atoms with Gasteiger partial charge in [-0.2, -0.15) is 0 Å². The van der Waals surface area contributed by atoms with E-state index in [4.69, 9.17) is 4.74 Å². The van der Waals surface area contributed by atoms with Gasteiger partial charge in [0.25, 0.3) is 0 Å². The lowest BCUT2D eigenvalue weighted by molar-refractivity contribution is -0.171. The topological polar surface area (TPSA) is 26.3 Å². The van der Waals surface area contributed by atoms with Crippen molar-refractivity contribution >= 4 is 5.78 Å². The van der Waals surface area contributed by atoms with Crippen LogP contribution in [0.25, 0.3) is 0 Å².